The highest BCUT2D eigenvalue weighted by Crippen LogP contribution is 1.90. The molecule has 70 valence electrons. The normalized spacial score (nSPS) is 21.4. The first-order valence-electron chi connectivity index (χ1n) is 3.47. The van der Waals surface area contributed by atoms with Crippen LogP contribution in [0.5, 0.6) is 0 Å². The van der Waals surface area contributed by atoms with Crippen LogP contribution in [-0.2, 0) is 0 Å². The molecule has 0 radical (unpaired) electrons. The molecule has 1 aliphatic rings. The Labute approximate surface area is 78.2 Å². The largest absolute Gasteiger partial charge is 0.349 e. The van der Waals surface area contributed by atoms with E-state index in [1.54, 1.807) is 0 Å². The fourth-order valence-corrected chi connectivity index (χ4v) is 0.834. The first kappa shape index (κ1) is 11.0. The van der Waals surface area contributed by atoms with Gasteiger partial charge in [-0.3, -0.25) is 5.41 Å². The van der Waals surface area contributed by atoms with Crippen LogP contribution >= 0.6 is 12.4 Å². The van der Waals surface area contributed by atoms with Crippen LogP contribution in [0.15, 0.2) is 4.99 Å². The second kappa shape index (κ2) is 4.15. The topological polar surface area (TPSA) is 63.5 Å². The second-order valence-corrected chi connectivity index (χ2v) is 2.69. The first-order valence-corrected chi connectivity index (χ1v) is 3.47. The molecule has 0 unspecified atom stereocenters. The molecule has 0 fully saturated rings. The van der Waals surface area contributed by atoms with Gasteiger partial charge in [0.2, 0.25) is 11.9 Å². The van der Waals surface area contributed by atoms with Crippen molar-refractivity contribution in [1.82, 2.24) is 15.5 Å². The molecule has 0 aliphatic carbocycles. The second-order valence-electron chi connectivity index (χ2n) is 2.69. The average Bonchev–Trinajstić information content (AvgIpc) is 1.85. The monoisotopic (exact) mass is 191 g/mol. The summed E-state index contributed by atoms with van der Waals surface area (Å²) in [5.41, 5.74) is 0. The maximum absolute atomic E-state index is 7.28. The van der Waals surface area contributed by atoms with Crippen molar-refractivity contribution in [1.29, 1.82) is 5.41 Å². The number of rotatable bonds is 0. The van der Waals surface area contributed by atoms with Crippen molar-refractivity contribution < 1.29 is 0 Å². The maximum atomic E-state index is 7.28. The summed E-state index contributed by atoms with van der Waals surface area (Å²) in [6.07, 6.45) is 0.0809. The first-order chi connectivity index (χ1) is 5.09. The van der Waals surface area contributed by atoms with Crippen LogP contribution < -0.4 is 10.6 Å². The number of aliphatic imine (C=N–C) groups is 1. The van der Waals surface area contributed by atoms with E-state index in [9.17, 15) is 0 Å². The maximum Gasteiger partial charge on any atom is 0.219 e. The van der Waals surface area contributed by atoms with E-state index in [4.69, 9.17) is 5.41 Å². The van der Waals surface area contributed by atoms with Crippen molar-refractivity contribution in [2.45, 2.75) is 13.1 Å². The molecular formula is C6H14ClN5. The zero-order chi connectivity index (χ0) is 8.43. The van der Waals surface area contributed by atoms with Gasteiger partial charge in [0.05, 0.1) is 6.17 Å². The fraction of sp³-hybridized carbons (Fsp3) is 0.667. The van der Waals surface area contributed by atoms with Crippen molar-refractivity contribution >= 4 is 24.3 Å². The van der Waals surface area contributed by atoms with Crippen LogP contribution in [0.2, 0.25) is 0 Å². The predicted molar refractivity (Wildman–Crippen MR) is 51.8 cm³/mol. The third kappa shape index (κ3) is 2.58. The molecule has 0 bridgehead atoms. The fourth-order valence-electron chi connectivity index (χ4n) is 0.834. The lowest BCUT2D eigenvalue weighted by atomic mass is 10.5. The lowest BCUT2D eigenvalue weighted by Crippen LogP contribution is -2.54. The standard InChI is InChI=1S/C6H13N5.ClH/c1-4-8-5(7)10-6(9-4)11(2)3;/h4H,1-3H3,(H3,7,8,9,10);1H/t4-;/m0./s1. The summed E-state index contributed by atoms with van der Waals surface area (Å²) in [6.45, 7) is 1.94. The molecular weight excluding hydrogens is 178 g/mol. The van der Waals surface area contributed by atoms with Crippen molar-refractivity contribution in [3.05, 3.63) is 0 Å². The van der Waals surface area contributed by atoms with Crippen LogP contribution in [0.4, 0.5) is 0 Å². The molecule has 0 spiro atoms. The van der Waals surface area contributed by atoms with E-state index in [1.807, 2.05) is 25.9 Å². The Morgan fingerprint density at radius 1 is 1.42 bits per heavy atom. The van der Waals surface area contributed by atoms with Gasteiger partial charge < -0.3 is 15.5 Å². The number of hydrogen-bond acceptors (Lipinski definition) is 3. The molecule has 0 aromatic rings. The van der Waals surface area contributed by atoms with Gasteiger partial charge in [-0.25, -0.2) is 0 Å². The third-order valence-electron chi connectivity index (χ3n) is 1.34. The summed E-state index contributed by atoms with van der Waals surface area (Å²) in [5.74, 6) is 0.932. The molecule has 1 aliphatic heterocycles. The van der Waals surface area contributed by atoms with Gasteiger partial charge in [-0.2, -0.15) is 4.99 Å². The number of hydrogen-bond donors (Lipinski definition) is 3. The molecule has 3 N–H and O–H groups in total. The van der Waals surface area contributed by atoms with Gasteiger partial charge in [0.25, 0.3) is 0 Å². The van der Waals surface area contributed by atoms with Crippen LogP contribution in [-0.4, -0.2) is 37.1 Å². The molecule has 1 rings (SSSR count). The summed E-state index contributed by atoms with van der Waals surface area (Å²) in [6, 6.07) is 0. The Balaban J connectivity index is 0.00000121. The Morgan fingerprint density at radius 3 is 2.42 bits per heavy atom. The van der Waals surface area contributed by atoms with E-state index in [-0.39, 0.29) is 24.5 Å². The molecule has 12 heavy (non-hydrogen) atoms. The van der Waals surface area contributed by atoms with Crippen LogP contribution in [0.1, 0.15) is 6.92 Å². The molecule has 0 saturated carbocycles. The quantitative estimate of drug-likeness (QED) is 0.497. The van der Waals surface area contributed by atoms with Gasteiger partial charge >= 0.3 is 0 Å². The van der Waals surface area contributed by atoms with E-state index in [0.717, 1.165) is 5.96 Å². The zero-order valence-corrected chi connectivity index (χ0v) is 8.20. The number of halogens is 1. The summed E-state index contributed by atoms with van der Waals surface area (Å²) in [5, 5.41) is 13.2. The smallest absolute Gasteiger partial charge is 0.219 e. The molecule has 1 heterocycles. The highest BCUT2D eigenvalue weighted by atomic mass is 35.5. The summed E-state index contributed by atoms with van der Waals surface area (Å²) >= 11 is 0. The highest BCUT2D eigenvalue weighted by Gasteiger charge is 2.13. The molecule has 1 atom stereocenters. The molecule has 5 nitrogen and oxygen atoms in total. The zero-order valence-electron chi connectivity index (χ0n) is 7.38. The Hall–Kier alpha value is -0.970. The minimum Gasteiger partial charge on any atom is -0.349 e. The Kier molecular flexibility index (Phi) is 3.82. The van der Waals surface area contributed by atoms with Crippen molar-refractivity contribution in [3.8, 4) is 0 Å². The minimum atomic E-state index is 0. The van der Waals surface area contributed by atoms with Gasteiger partial charge in [0, 0.05) is 14.1 Å². The van der Waals surface area contributed by atoms with Gasteiger partial charge in [-0.05, 0) is 6.92 Å². The average molecular weight is 192 g/mol. The van der Waals surface area contributed by atoms with Crippen LogP contribution in [0.3, 0.4) is 0 Å². The minimum absolute atomic E-state index is 0. The van der Waals surface area contributed by atoms with Crippen molar-refractivity contribution in [2.24, 2.45) is 4.99 Å². The number of guanidine groups is 2. The van der Waals surface area contributed by atoms with Gasteiger partial charge in [-0.15, -0.1) is 12.4 Å². The highest BCUT2D eigenvalue weighted by molar-refractivity contribution is 5.95. The van der Waals surface area contributed by atoms with E-state index in [1.165, 1.54) is 0 Å². The number of nitrogens with one attached hydrogen (secondary N) is 3. The summed E-state index contributed by atoms with van der Waals surface area (Å²) in [4.78, 5) is 5.78. The number of nitrogens with zero attached hydrogens (tertiary/aromatic N) is 2. The van der Waals surface area contributed by atoms with E-state index < -0.39 is 0 Å². The van der Waals surface area contributed by atoms with Crippen LogP contribution in [0, 0.1) is 5.41 Å². The molecule has 0 saturated heterocycles. The van der Waals surface area contributed by atoms with E-state index in [0.29, 0.717) is 0 Å². The van der Waals surface area contributed by atoms with Crippen molar-refractivity contribution in [3.63, 3.8) is 0 Å². The van der Waals surface area contributed by atoms with E-state index in [2.05, 4.69) is 15.6 Å². The summed E-state index contributed by atoms with van der Waals surface area (Å²) in [7, 11) is 3.77. The third-order valence-corrected chi connectivity index (χ3v) is 1.34. The lowest BCUT2D eigenvalue weighted by Gasteiger charge is -2.26. The van der Waals surface area contributed by atoms with Gasteiger partial charge in [0.15, 0.2) is 0 Å². The molecule has 6 heteroatoms. The van der Waals surface area contributed by atoms with Gasteiger partial charge in [0.1, 0.15) is 0 Å². The lowest BCUT2D eigenvalue weighted by molar-refractivity contribution is 0.519. The molecule has 0 aromatic carbocycles. The molecule has 0 aromatic heterocycles. The summed E-state index contributed by atoms with van der Waals surface area (Å²) < 4.78 is 0. The predicted octanol–water partition coefficient (Wildman–Crippen LogP) is -0.201. The Morgan fingerprint density at radius 2 is 2.00 bits per heavy atom. The Bertz CT molecular complexity index is 200. The molecule has 0 amide bonds. The van der Waals surface area contributed by atoms with Gasteiger partial charge in [-0.1, -0.05) is 0 Å². The van der Waals surface area contributed by atoms with Crippen LogP contribution in [0.25, 0.3) is 0 Å². The SMILES string of the molecule is C[C@H]1NC(=N)N=C(N(C)C)N1.Cl. The van der Waals surface area contributed by atoms with Crippen molar-refractivity contribution in [2.75, 3.05) is 14.1 Å². The van der Waals surface area contributed by atoms with E-state index >= 15 is 0 Å².